The van der Waals surface area contributed by atoms with Crippen LogP contribution in [0.25, 0.3) is 0 Å². The summed E-state index contributed by atoms with van der Waals surface area (Å²) >= 11 is 1.80. The molecule has 0 amide bonds. The zero-order chi connectivity index (χ0) is 7.40. The minimum Gasteiger partial charge on any atom is -0.260 e. The lowest BCUT2D eigenvalue weighted by molar-refractivity contribution is 0.905. The van der Waals surface area contributed by atoms with Gasteiger partial charge in [-0.25, -0.2) is 0 Å². The van der Waals surface area contributed by atoms with E-state index in [1.54, 1.807) is 11.8 Å². The highest BCUT2D eigenvalue weighted by Crippen LogP contribution is 2.27. The molecule has 0 spiro atoms. The largest absolute Gasteiger partial charge is 0.260 e. The van der Waals surface area contributed by atoms with Crippen molar-refractivity contribution >= 4 is 11.8 Å². The molecule has 1 heterocycles. The van der Waals surface area contributed by atoms with Crippen LogP contribution in [0, 0.1) is 0 Å². The summed E-state index contributed by atoms with van der Waals surface area (Å²) in [6.07, 6.45) is 4.24. The molecular formula is C8H12NS. The van der Waals surface area contributed by atoms with Crippen LogP contribution in [0.1, 0.15) is 26.7 Å². The highest BCUT2D eigenvalue weighted by atomic mass is 32.2. The molecule has 0 saturated heterocycles. The maximum atomic E-state index is 4.21. The Kier molecular flexibility index (Phi) is 2.87. The zero-order valence-corrected chi connectivity index (χ0v) is 7.24. The van der Waals surface area contributed by atoms with Crippen LogP contribution >= 0.6 is 11.8 Å². The van der Waals surface area contributed by atoms with Gasteiger partial charge in [0, 0.05) is 16.8 Å². The number of nitrogens with zero attached hydrogens (tertiary/aromatic N) is 1. The van der Waals surface area contributed by atoms with Crippen LogP contribution in [0.3, 0.4) is 0 Å². The van der Waals surface area contributed by atoms with Crippen molar-refractivity contribution in [2.45, 2.75) is 26.7 Å². The summed E-state index contributed by atoms with van der Waals surface area (Å²) in [6, 6.07) is 0. The zero-order valence-electron chi connectivity index (χ0n) is 6.42. The second-order valence-electron chi connectivity index (χ2n) is 2.29. The number of thioether (sulfide) groups is 1. The molecule has 0 bridgehead atoms. The third-order valence-electron chi connectivity index (χ3n) is 1.42. The number of hydrogen-bond acceptors (Lipinski definition) is 1. The van der Waals surface area contributed by atoms with Gasteiger partial charge in [-0.1, -0.05) is 25.1 Å². The molecule has 1 nitrogen and oxygen atoms in total. The Bertz CT molecular complexity index is 170. The van der Waals surface area contributed by atoms with E-state index < -0.39 is 0 Å². The van der Waals surface area contributed by atoms with Gasteiger partial charge in [0.15, 0.2) is 0 Å². The van der Waals surface area contributed by atoms with Crippen LogP contribution in [0.2, 0.25) is 0 Å². The van der Waals surface area contributed by atoms with Gasteiger partial charge in [-0.2, -0.15) is 0 Å². The van der Waals surface area contributed by atoms with Gasteiger partial charge in [0.25, 0.3) is 0 Å². The smallest absolute Gasteiger partial charge is 0.0471 e. The molecule has 0 atom stereocenters. The minimum absolute atomic E-state index is 1.17. The van der Waals surface area contributed by atoms with Crippen molar-refractivity contribution in [1.29, 1.82) is 0 Å². The Morgan fingerprint density at radius 2 is 2.40 bits per heavy atom. The lowest BCUT2D eigenvalue weighted by atomic mass is 10.3. The Morgan fingerprint density at radius 3 is 3.00 bits per heavy atom. The summed E-state index contributed by atoms with van der Waals surface area (Å²) in [5, 5.41) is 6.25. The van der Waals surface area contributed by atoms with E-state index in [1.807, 2.05) is 11.6 Å². The molecule has 10 heavy (non-hydrogen) atoms. The summed E-state index contributed by atoms with van der Waals surface area (Å²) in [5.74, 6) is 0. The third kappa shape index (κ3) is 1.81. The standard InChI is InChI=1S/C8H12NS/c1-3-4-8-7(2)9-5-6-10-8/h5-6H,3-4H2,1-2H3. The van der Waals surface area contributed by atoms with Crippen molar-refractivity contribution in [2.75, 3.05) is 0 Å². The molecule has 0 aromatic heterocycles. The van der Waals surface area contributed by atoms with E-state index in [-0.39, 0.29) is 0 Å². The number of allylic oxidation sites excluding steroid dienone is 2. The molecule has 0 N–H and O–H groups in total. The van der Waals surface area contributed by atoms with Gasteiger partial charge in [-0.3, -0.25) is 5.32 Å². The highest BCUT2D eigenvalue weighted by molar-refractivity contribution is 8.05. The topological polar surface area (TPSA) is 14.1 Å². The van der Waals surface area contributed by atoms with Gasteiger partial charge < -0.3 is 0 Å². The van der Waals surface area contributed by atoms with Gasteiger partial charge in [0.1, 0.15) is 0 Å². The van der Waals surface area contributed by atoms with Crippen LogP contribution < -0.4 is 5.32 Å². The number of hydrogen-bond donors (Lipinski definition) is 0. The Morgan fingerprint density at radius 1 is 1.60 bits per heavy atom. The SMILES string of the molecule is CCCC1=C(C)[N]C=CS1. The molecule has 0 unspecified atom stereocenters. The molecule has 55 valence electrons. The predicted octanol–water partition coefficient (Wildman–Crippen LogP) is 2.84. The molecule has 0 aromatic carbocycles. The first-order valence-electron chi connectivity index (χ1n) is 3.57. The minimum atomic E-state index is 1.17. The summed E-state index contributed by atoms with van der Waals surface area (Å²) in [4.78, 5) is 1.42. The molecule has 1 aliphatic heterocycles. The molecule has 1 aliphatic rings. The lowest BCUT2D eigenvalue weighted by Crippen LogP contribution is -1.98. The van der Waals surface area contributed by atoms with E-state index in [1.165, 1.54) is 23.4 Å². The normalized spacial score (nSPS) is 17.4. The molecule has 0 aliphatic carbocycles. The van der Waals surface area contributed by atoms with Gasteiger partial charge in [-0.15, -0.1) is 0 Å². The van der Waals surface area contributed by atoms with E-state index in [0.717, 1.165) is 0 Å². The second-order valence-corrected chi connectivity index (χ2v) is 3.29. The van der Waals surface area contributed by atoms with E-state index in [0.29, 0.717) is 0 Å². The van der Waals surface area contributed by atoms with E-state index >= 15 is 0 Å². The quantitative estimate of drug-likeness (QED) is 0.596. The Balaban J connectivity index is 2.53. The molecule has 0 saturated carbocycles. The summed E-state index contributed by atoms with van der Waals surface area (Å²) in [5.41, 5.74) is 1.19. The van der Waals surface area contributed by atoms with Crippen molar-refractivity contribution < 1.29 is 0 Å². The summed E-state index contributed by atoms with van der Waals surface area (Å²) < 4.78 is 0. The van der Waals surface area contributed by atoms with Gasteiger partial charge in [-0.05, 0) is 18.8 Å². The average Bonchev–Trinajstić information content (AvgIpc) is 1.94. The van der Waals surface area contributed by atoms with E-state index in [4.69, 9.17) is 0 Å². The molecule has 0 fully saturated rings. The molecule has 2 heteroatoms. The second kappa shape index (κ2) is 3.71. The average molecular weight is 154 g/mol. The van der Waals surface area contributed by atoms with Gasteiger partial charge >= 0.3 is 0 Å². The first kappa shape index (κ1) is 7.73. The van der Waals surface area contributed by atoms with Crippen molar-refractivity contribution in [2.24, 2.45) is 0 Å². The van der Waals surface area contributed by atoms with Gasteiger partial charge in [0.05, 0.1) is 0 Å². The molecule has 0 aromatic rings. The van der Waals surface area contributed by atoms with Crippen molar-refractivity contribution in [3.63, 3.8) is 0 Å². The fourth-order valence-corrected chi connectivity index (χ4v) is 1.71. The maximum absolute atomic E-state index is 4.21. The Labute approximate surface area is 66.6 Å². The maximum Gasteiger partial charge on any atom is 0.0471 e. The van der Waals surface area contributed by atoms with E-state index in [2.05, 4.69) is 19.2 Å². The highest BCUT2D eigenvalue weighted by Gasteiger charge is 2.04. The monoisotopic (exact) mass is 154 g/mol. The Hall–Kier alpha value is -0.370. The van der Waals surface area contributed by atoms with Crippen LogP contribution in [0.15, 0.2) is 22.2 Å². The predicted molar refractivity (Wildman–Crippen MR) is 46.5 cm³/mol. The van der Waals surface area contributed by atoms with Crippen molar-refractivity contribution in [1.82, 2.24) is 5.32 Å². The van der Waals surface area contributed by atoms with Crippen LogP contribution in [-0.2, 0) is 0 Å². The van der Waals surface area contributed by atoms with Crippen molar-refractivity contribution in [3.8, 4) is 0 Å². The summed E-state index contributed by atoms with van der Waals surface area (Å²) in [6.45, 7) is 4.26. The first-order valence-corrected chi connectivity index (χ1v) is 4.45. The van der Waals surface area contributed by atoms with Crippen molar-refractivity contribution in [3.05, 3.63) is 22.2 Å². The fraction of sp³-hybridized carbons (Fsp3) is 0.500. The molecular weight excluding hydrogens is 142 g/mol. The van der Waals surface area contributed by atoms with Crippen LogP contribution in [0.5, 0.6) is 0 Å². The van der Waals surface area contributed by atoms with Gasteiger partial charge in [0.2, 0.25) is 0 Å². The van der Waals surface area contributed by atoms with Crippen LogP contribution in [0.4, 0.5) is 0 Å². The third-order valence-corrected chi connectivity index (χ3v) is 2.46. The summed E-state index contributed by atoms with van der Waals surface area (Å²) in [7, 11) is 0. The first-order chi connectivity index (χ1) is 4.84. The molecule has 1 radical (unpaired) electrons. The van der Waals surface area contributed by atoms with Crippen LogP contribution in [-0.4, -0.2) is 0 Å². The molecule has 1 rings (SSSR count). The van der Waals surface area contributed by atoms with E-state index in [9.17, 15) is 0 Å². The fourth-order valence-electron chi connectivity index (χ4n) is 0.879. The number of rotatable bonds is 2. The lowest BCUT2D eigenvalue weighted by Gasteiger charge is -2.10.